The van der Waals surface area contributed by atoms with Crippen LogP contribution in [0.15, 0.2) is 24.3 Å². The molecule has 27 heavy (non-hydrogen) atoms. The highest BCUT2D eigenvalue weighted by molar-refractivity contribution is 5.90. The molecule has 1 N–H and O–H groups in total. The van der Waals surface area contributed by atoms with Crippen molar-refractivity contribution in [3.63, 3.8) is 0 Å². The number of hydrogen-bond donors (Lipinski definition) is 1. The van der Waals surface area contributed by atoms with Crippen LogP contribution in [0.25, 0.3) is 0 Å². The Morgan fingerprint density at radius 1 is 1.22 bits per heavy atom. The lowest BCUT2D eigenvalue weighted by Crippen LogP contribution is -2.41. The van der Waals surface area contributed by atoms with Gasteiger partial charge < -0.3 is 24.6 Å². The first-order valence-corrected chi connectivity index (χ1v) is 9.58. The molecule has 0 spiro atoms. The Balaban J connectivity index is 1.92. The number of methoxy groups -OCH3 is 2. The van der Waals surface area contributed by atoms with Gasteiger partial charge in [-0.1, -0.05) is 18.2 Å². The molecule has 2 fully saturated rings. The summed E-state index contributed by atoms with van der Waals surface area (Å²) in [7, 11) is 3.23. The van der Waals surface area contributed by atoms with Crippen molar-refractivity contribution in [1.29, 1.82) is 0 Å². The van der Waals surface area contributed by atoms with E-state index < -0.39 is 5.92 Å². The molecule has 1 aromatic carbocycles. The Bertz CT molecular complexity index is 658. The SMILES string of the molecule is COCCN1C(=O)C[C@@H](C(=O)N2CCCNCC2)[C@@H]1c1ccccc1OC. The number of carbonyl (C=O) groups excluding carboxylic acids is 2. The fraction of sp³-hybridized carbons (Fsp3) is 0.600. The maximum Gasteiger partial charge on any atom is 0.228 e. The van der Waals surface area contributed by atoms with Crippen molar-refractivity contribution >= 4 is 11.8 Å². The summed E-state index contributed by atoms with van der Waals surface area (Å²) in [5, 5.41) is 3.32. The van der Waals surface area contributed by atoms with E-state index in [0.29, 0.717) is 25.4 Å². The minimum atomic E-state index is -0.399. The van der Waals surface area contributed by atoms with E-state index in [-0.39, 0.29) is 24.3 Å². The molecule has 1 aromatic rings. The van der Waals surface area contributed by atoms with Crippen LogP contribution in [0.2, 0.25) is 0 Å². The van der Waals surface area contributed by atoms with Gasteiger partial charge in [0.15, 0.2) is 0 Å². The van der Waals surface area contributed by atoms with Crippen molar-refractivity contribution in [2.24, 2.45) is 5.92 Å². The predicted octanol–water partition coefficient (Wildman–Crippen LogP) is 1.05. The topological polar surface area (TPSA) is 71.1 Å². The number of nitrogens with zero attached hydrogens (tertiary/aromatic N) is 2. The minimum Gasteiger partial charge on any atom is -0.496 e. The third kappa shape index (κ3) is 4.25. The van der Waals surface area contributed by atoms with Crippen LogP contribution in [0, 0.1) is 5.92 Å². The van der Waals surface area contributed by atoms with Gasteiger partial charge in [-0.3, -0.25) is 9.59 Å². The van der Waals surface area contributed by atoms with Gasteiger partial charge in [-0.05, 0) is 19.0 Å². The highest BCUT2D eigenvalue weighted by atomic mass is 16.5. The Hall–Kier alpha value is -2.12. The van der Waals surface area contributed by atoms with E-state index >= 15 is 0 Å². The molecule has 2 amide bonds. The van der Waals surface area contributed by atoms with Gasteiger partial charge in [0.1, 0.15) is 5.75 Å². The summed E-state index contributed by atoms with van der Waals surface area (Å²) in [5.74, 6) is 0.357. The van der Waals surface area contributed by atoms with Crippen LogP contribution in [-0.2, 0) is 14.3 Å². The molecule has 148 valence electrons. The van der Waals surface area contributed by atoms with Gasteiger partial charge in [0, 0.05) is 45.3 Å². The lowest BCUT2D eigenvalue weighted by atomic mass is 9.91. The molecule has 0 unspecified atom stereocenters. The molecule has 0 aromatic heterocycles. The van der Waals surface area contributed by atoms with Gasteiger partial charge in [-0.15, -0.1) is 0 Å². The van der Waals surface area contributed by atoms with Crippen LogP contribution in [0.1, 0.15) is 24.4 Å². The number of likely N-dealkylation sites (tertiary alicyclic amines) is 1. The zero-order valence-corrected chi connectivity index (χ0v) is 16.1. The predicted molar refractivity (Wildman–Crippen MR) is 101 cm³/mol. The summed E-state index contributed by atoms with van der Waals surface area (Å²) in [6.45, 7) is 4.02. The zero-order valence-electron chi connectivity index (χ0n) is 16.1. The average molecular weight is 375 g/mol. The molecule has 0 bridgehead atoms. The maximum absolute atomic E-state index is 13.3. The fourth-order valence-electron chi connectivity index (χ4n) is 4.06. The summed E-state index contributed by atoms with van der Waals surface area (Å²) >= 11 is 0. The highest BCUT2D eigenvalue weighted by Gasteiger charge is 2.46. The molecule has 2 heterocycles. The number of rotatable bonds is 6. The first kappa shape index (κ1) is 19.6. The van der Waals surface area contributed by atoms with Gasteiger partial charge in [-0.2, -0.15) is 0 Å². The van der Waals surface area contributed by atoms with Crippen LogP contribution < -0.4 is 10.1 Å². The zero-order chi connectivity index (χ0) is 19.2. The molecule has 2 aliphatic rings. The second-order valence-electron chi connectivity index (χ2n) is 7.01. The van der Waals surface area contributed by atoms with Crippen LogP contribution in [0.4, 0.5) is 0 Å². The first-order chi connectivity index (χ1) is 13.2. The molecule has 0 aliphatic carbocycles. The Morgan fingerprint density at radius 3 is 2.81 bits per heavy atom. The van der Waals surface area contributed by atoms with Gasteiger partial charge in [-0.25, -0.2) is 0 Å². The van der Waals surface area contributed by atoms with E-state index in [1.807, 2.05) is 29.2 Å². The van der Waals surface area contributed by atoms with E-state index in [1.165, 1.54) is 0 Å². The molecule has 7 nitrogen and oxygen atoms in total. The molecule has 2 saturated heterocycles. The highest BCUT2D eigenvalue weighted by Crippen LogP contribution is 2.42. The lowest BCUT2D eigenvalue weighted by molar-refractivity contribution is -0.136. The van der Waals surface area contributed by atoms with E-state index in [1.54, 1.807) is 19.1 Å². The van der Waals surface area contributed by atoms with Crippen molar-refractivity contribution in [2.75, 3.05) is 53.6 Å². The number of benzene rings is 1. The molecule has 2 aliphatic heterocycles. The Morgan fingerprint density at radius 2 is 2.04 bits per heavy atom. The summed E-state index contributed by atoms with van der Waals surface area (Å²) in [6.07, 6.45) is 1.16. The summed E-state index contributed by atoms with van der Waals surface area (Å²) in [4.78, 5) is 29.8. The van der Waals surface area contributed by atoms with E-state index in [9.17, 15) is 9.59 Å². The van der Waals surface area contributed by atoms with Gasteiger partial charge in [0.2, 0.25) is 11.8 Å². The van der Waals surface area contributed by atoms with Gasteiger partial charge in [0.25, 0.3) is 0 Å². The van der Waals surface area contributed by atoms with Crippen molar-refractivity contribution in [1.82, 2.24) is 15.1 Å². The average Bonchev–Trinajstić information content (AvgIpc) is 2.87. The summed E-state index contributed by atoms with van der Waals surface area (Å²) in [6, 6.07) is 7.33. The molecule has 0 radical (unpaired) electrons. The largest absolute Gasteiger partial charge is 0.496 e. The quantitative estimate of drug-likeness (QED) is 0.805. The standard InChI is InChI=1S/C20H29N3O4/c1-26-13-12-23-18(24)14-16(20(25)22-10-5-8-21-9-11-22)19(23)15-6-3-4-7-17(15)27-2/h3-4,6-7,16,19,21H,5,8-14H2,1-2H3/t16-,19+/m1/s1. The molecular weight excluding hydrogens is 346 g/mol. The normalized spacial score (nSPS) is 23.4. The Labute approximate surface area is 160 Å². The number of nitrogens with one attached hydrogen (secondary N) is 1. The van der Waals surface area contributed by atoms with E-state index in [2.05, 4.69) is 5.32 Å². The van der Waals surface area contributed by atoms with Crippen LogP contribution in [0.3, 0.4) is 0 Å². The minimum absolute atomic E-state index is 0.00532. The second-order valence-corrected chi connectivity index (χ2v) is 7.01. The number of carbonyl (C=O) groups is 2. The third-order valence-corrected chi connectivity index (χ3v) is 5.39. The number of amides is 2. The van der Waals surface area contributed by atoms with E-state index in [0.717, 1.165) is 31.6 Å². The van der Waals surface area contributed by atoms with Gasteiger partial charge >= 0.3 is 0 Å². The molecule has 2 atom stereocenters. The number of hydrogen-bond acceptors (Lipinski definition) is 5. The number of ether oxygens (including phenoxy) is 2. The monoisotopic (exact) mass is 375 g/mol. The van der Waals surface area contributed by atoms with Crippen LogP contribution >= 0.6 is 0 Å². The number of para-hydroxylation sites is 1. The first-order valence-electron chi connectivity index (χ1n) is 9.58. The molecule has 7 heteroatoms. The van der Waals surface area contributed by atoms with Crippen molar-refractivity contribution < 1.29 is 19.1 Å². The summed E-state index contributed by atoms with van der Waals surface area (Å²) < 4.78 is 10.7. The van der Waals surface area contributed by atoms with Crippen LogP contribution in [0.5, 0.6) is 5.75 Å². The lowest BCUT2D eigenvalue weighted by Gasteiger charge is -2.31. The maximum atomic E-state index is 13.3. The van der Waals surface area contributed by atoms with Crippen molar-refractivity contribution in [2.45, 2.75) is 18.9 Å². The molecule has 0 saturated carbocycles. The van der Waals surface area contributed by atoms with Gasteiger partial charge in [0.05, 0.1) is 25.7 Å². The second kappa shape index (κ2) is 9.19. The smallest absolute Gasteiger partial charge is 0.228 e. The molecular formula is C20H29N3O4. The fourth-order valence-corrected chi connectivity index (χ4v) is 4.06. The van der Waals surface area contributed by atoms with Crippen molar-refractivity contribution in [3.8, 4) is 5.75 Å². The van der Waals surface area contributed by atoms with Crippen molar-refractivity contribution in [3.05, 3.63) is 29.8 Å². The van der Waals surface area contributed by atoms with E-state index in [4.69, 9.17) is 9.47 Å². The summed E-state index contributed by atoms with van der Waals surface area (Å²) in [5.41, 5.74) is 0.883. The van der Waals surface area contributed by atoms with Crippen LogP contribution in [-0.4, -0.2) is 75.2 Å². The Kier molecular flexibility index (Phi) is 6.68. The molecule has 3 rings (SSSR count). The third-order valence-electron chi connectivity index (χ3n) is 5.39.